The van der Waals surface area contributed by atoms with E-state index in [0.717, 1.165) is 22.2 Å². The van der Waals surface area contributed by atoms with E-state index in [0.29, 0.717) is 25.7 Å². The summed E-state index contributed by atoms with van der Waals surface area (Å²) in [5.74, 6) is -0.144. The fourth-order valence-corrected chi connectivity index (χ4v) is 9.00. The topological polar surface area (TPSA) is 79.0 Å². The molecule has 1 aromatic carbocycles. The van der Waals surface area contributed by atoms with Gasteiger partial charge in [-0.3, -0.25) is 0 Å². The predicted molar refractivity (Wildman–Crippen MR) is 130 cm³/mol. The fourth-order valence-electron chi connectivity index (χ4n) is 9.00. The summed E-state index contributed by atoms with van der Waals surface area (Å²) in [7, 11) is 3.62. The smallest absolute Gasteiger partial charge is 0.181 e. The SMILES string of the molecule is CN(C)C1CC23CCC4(O2)C2CC=C(c5ccc6ncoc6c5)C2(C)CCC4(F)CC3(F)C(O)C1O. The van der Waals surface area contributed by atoms with Gasteiger partial charge < -0.3 is 24.3 Å². The van der Waals surface area contributed by atoms with Crippen LogP contribution in [-0.2, 0) is 4.74 Å². The minimum absolute atomic E-state index is 0.144. The molecule has 3 heterocycles. The van der Waals surface area contributed by atoms with Crippen LogP contribution in [0.15, 0.2) is 35.1 Å². The van der Waals surface area contributed by atoms with Crippen LogP contribution in [-0.4, -0.2) is 75.0 Å². The molecule has 2 aliphatic heterocycles. The van der Waals surface area contributed by atoms with Crippen molar-refractivity contribution in [2.75, 3.05) is 14.1 Å². The van der Waals surface area contributed by atoms with E-state index in [4.69, 9.17) is 9.15 Å². The van der Waals surface area contributed by atoms with Crippen molar-refractivity contribution in [2.24, 2.45) is 11.3 Å². The van der Waals surface area contributed by atoms with Crippen molar-refractivity contribution in [2.45, 2.75) is 92.7 Å². The van der Waals surface area contributed by atoms with E-state index in [1.54, 1.807) is 0 Å². The van der Waals surface area contributed by atoms with Crippen LogP contribution in [0, 0.1) is 11.3 Å². The first-order chi connectivity index (χ1) is 17.0. The number of fused-ring (bicyclic) bond motifs is 2. The molecule has 194 valence electrons. The fraction of sp³-hybridized carbons (Fsp3) is 0.679. The van der Waals surface area contributed by atoms with Gasteiger partial charge >= 0.3 is 0 Å². The van der Waals surface area contributed by atoms with Crippen molar-refractivity contribution in [1.82, 2.24) is 9.88 Å². The molecular formula is C28H34F2N2O4. The van der Waals surface area contributed by atoms with Crippen molar-refractivity contribution in [3.63, 3.8) is 0 Å². The molecule has 2 aromatic rings. The summed E-state index contributed by atoms with van der Waals surface area (Å²) in [6.07, 6.45) is 2.59. The van der Waals surface area contributed by atoms with Gasteiger partial charge in [-0.15, -0.1) is 0 Å². The molecule has 36 heavy (non-hydrogen) atoms. The standard InChI is InChI=1S/C28H34F2N2O4/c1-24-8-9-25(29)14-27(30)23(34)22(33)19(32(2)3)13-26(27)10-11-28(25,36-26)21(24)7-5-17(24)16-4-6-18-20(12-16)35-15-31-18/h4-6,12,15,19,21-23,33-34H,7-11,13-14H2,1-3H3. The Morgan fingerprint density at radius 1 is 1.11 bits per heavy atom. The van der Waals surface area contributed by atoms with Crippen molar-refractivity contribution in [1.29, 1.82) is 0 Å². The summed E-state index contributed by atoms with van der Waals surface area (Å²) in [6, 6.07) is 5.53. The van der Waals surface area contributed by atoms with Gasteiger partial charge in [-0.05, 0) is 81.3 Å². The molecule has 2 saturated heterocycles. The molecular weight excluding hydrogens is 466 g/mol. The number of likely N-dealkylation sites (N-methyl/N-ethyl adjacent to an activating group) is 1. The van der Waals surface area contributed by atoms with Crippen LogP contribution < -0.4 is 0 Å². The van der Waals surface area contributed by atoms with Crippen LogP contribution in [0.3, 0.4) is 0 Å². The summed E-state index contributed by atoms with van der Waals surface area (Å²) in [5, 5.41) is 21.8. The normalized spacial score (nSPS) is 49.6. The van der Waals surface area contributed by atoms with Crippen molar-refractivity contribution < 1.29 is 28.1 Å². The summed E-state index contributed by atoms with van der Waals surface area (Å²) < 4.78 is 46.4. The number of allylic oxidation sites excluding steroid dienone is 2. The van der Waals surface area contributed by atoms with Gasteiger partial charge in [0, 0.05) is 18.4 Å². The highest BCUT2D eigenvalue weighted by atomic mass is 19.2. The number of halogens is 2. The Hall–Kier alpha value is -1.87. The maximum atomic E-state index is 17.2. The molecule has 9 atom stereocenters. The van der Waals surface area contributed by atoms with Gasteiger partial charge in [-0.1, -0.05) is 19.1 Å². The second-order valence-corrected chi connectivity index (χ2v) is 12.5. The number of oxazole rings is 1. The van der Waals surface area contributed by atoms with Crippen molar-refractivity contribution in [3.05, 3.63) is 36.2 Å². The average Bonchev–Trinajstić information content (AvgIpc) is 3.54. The maximum Gasteiger partial charge on any atom is 0.181 e. The minimum atomic E-state index is -2.33. The lowest BCUT2D eigenvalue weighted by molar-refractivity contribution is -0.347. The first-order valence-corrected chi connectivity index (χ1v) is 13.1. The molecule has 7 rings (SSSR count). The first kappa shape index (κ1) is 23.3. The minimum Gasteiger partial charge on any atom is -0.443 e. The van der Waals surface area contributed by atoms with Crippen molar-refractivity contribution >= 4 is 16.7 Å². The number of alkyl halides is 2. The molecule has 3 aliphatic carbocycles. The lowest BCUT2D eigenvalue weighted by atomic mass is 9.51. The number of ether oxygens (including phenoxy) is 1. The number of rotatable bonds is 2. The van der Waals surface area contributed by atoms with Crippen LogP contribution in [0.5, 0.6) is 0 Å². The molecule has 9 unspecified atom stereocenters. The quantitative estimate of drug-likeness (QED) is 0.644. The Morgan fingerprint density at radius 2 is 1.92 bits per heavy atom. The van der Waals surface area contributed by atoms with Crippen LogP contribution in [0.4, 0.5) is 8.78 Å². The number of hydrogen-bond acceptors (Lipinski definition) is 6. The second-order valence-electron chi connectivity index (χ2n) is 12.5. The Kier molecular flexibility index (Phi) is 4.49. The second kappa shape index (κ2) is 6.95. The highest BCUT2D eigenvalue weighted by Crippen LogP contribution is 2.74. The van der Waals surface area contributed by atoms with Crippen LogP contribution in [0.2, 0.25) is 0 Å². The molecule has 0 amide bonds. The molecule has 1 aromatic heterocycles. The van der Waals surface area contributed by atoms with Gasteiger partial charge in [0.05, 0.1) is 6.10 Å². The number of hydrogen-bond donors (Lipinski definition) is 2. The van der Waals surface area contributed by atoms with Gasteiger partial charge in [0.15, 0.2) is 17.6 Å². The number of aliphatic hydroxyl groups excluding tert-OH is 2. The van der Waals surface area contributed by atoms with Crippen LogP contribution in [0.1, 0.15) is 57.4 Å². The van der Waals surface area contributed by atoms with E-state index in [-0.39, 0.29) is 24.2 Å². The van der Waals surface area contributed by atoms with E-state index < -0.39 is 47.2 Å². The molecule has 8 heteroatoms. The third-order valence-corrected chi connectivity index (χ3v) is 10.9. The predicted octanol–water partition coefficient (Wildman–Crippen LogP) is 4.20. The van der Waals surface area contributed by atoms with E-state index in [9.17, 15) is 10.2 Å². The summed E-state index contributed by atoms with van der Waals surface area (Å²) in [4.78, 5) is 6.03. The lowest BCUT2D eigenvalue weighted by Gasteiger charge is -2.65. The summed E-state index contributed by atoms with van der Waals surface area (Å²) in [6.45, 7) is 2.20. The van der Waals surface area contributed by atoms with E-state index in [1.807, 2.05) is 37.2 Å². The van der Waals surface area contributed by atoms with Crippen molar-refractivity contribution in [3.8, 4) is 0 Å². The number of benzene rings is 1. The maximum absolute atomic E-state index is 17.2. The molecule has 5 aliphatic rings. The van der Waals surface area contributed by atoms with Gasteiger partial charge in [0.25, 0.3) is 0 Å². The summed E-state index contributed by atoms with van der Waals surface area (Å²) in [5.41, 5.74) is -3.28. The number of nitrogens with zero attached hydrogens (tertiary/aromatic N) is 2. The first-order valence-electron chi connectivity index (χ1n) is 13.1. The molecule has 2 spiro atoms. The Bertz CT molecular complexity index is 1280. The largest absolute Gasteiger partial charge is 0.443 e. The van der Waals surface area contributed by atoms with Gasteiger partial charge in [0.2, 0.25) is 0 Å². The molecule has 2 N–H and O–H groups in total. The third kappa shape index (κ3) is 2.52. The molecule has 2 bridgehead atoms. The molecule has 4 fully saturated rings. The van der Waals surface area contributed by atoms with Crippen LogP contribution in [0.25, 0.3) is 16.7 Å². The van der Waals surface area contributed by atoms with E-state index in [2.05, 4.69) is 18.0 Å². The van der Waals surface area contributed by atoms with Gasteiger partial charge in [-0.2, -0.15) is 0 Å². The number of aromatic nitrogens is 1. The monoisotopic (exact) mass is 500 g/mol. The molecule has 0 radical (unpaired) electrons. The highest BCUT2D eigenvalue weighted by Gasteiger charge is 2.82. The lowest BCUT2D eigenvalue weighted by Crippen LogP contribution is -2.78. The zero-order valence-corrected chi connectivity index (χ0v) is 21.0. The van der Waals surface area contributed by atoms with E-state index >= 15 is 8.78 Å². The zero-order valence-electron chi connectivity index (χ0n) is 21.0. The van der Waals surface area contributed by atoms with Gasteiger partial charge in [-0.25, -0.2) is 13.8 Å². The Labute approximate surface area is 209 Å². The Morgan fingerprint density at radius 3 is 2.69 bits per heavy atom. The highest BCUT2D eigenvalue weighted by molar-refractivity contribution is 5.81. The third-order valence-electron chi connectivity index (χ3n) is 10.9. The molecule has 6 nitrogen and oxygen atoms in total. The van der Waals surface area contributed by atoms with Crippen LogP contribution >= 0.6 is 0 Å². The molecule has 2 saturated carbocycles. The summed E-state index contributed by atoms with van der Waals surface area (Å²) >= 11 is 0. The van der Waals surface area contributed by atoms with Gasteiger partial charge in [0.1, 0.15) is 28.5 Å². The average molecular weight is 501 g/mol. The van der Waals surface area contributed by atoms with E-state index in [1.165, 1.54) is 6.39 Å². The zero-order chi connectivity index (χ0) is 25.3. The Balaban J connectivity index is 1.30. The number of aliphatic hydroxyl groups is 2.